The van der Waals surface area contributed by atoms with Gasteiger partial charge in [-0.3, -0.25) is 4.79 Å². The number of nitrogens with two attached hydrogens (primary N) is 1. The van der Waals surface area contributed by atoms with Gasteiger partial charge in [0.2, 0.25) is 0 Å². The maximum Gasteiger partial charge on any atom is 0.255 e. The molecule has 7 heteroatoms. The lowest BCUT2D eigenvalue weighted by Gasteiger charge is -2.18. The molecule has 2 aromatic carbocycles. The van der Waals surface area contributed by atoms with Crippen molar-refractivity contribution in [2.45, 2.75) is 18.7 Å². The van der Waals surface area contributed by atoms with Crippen molar-refractivity contribution in [3.8, 4) is 5.75 Å². The second-order valence-electron chi connectivity index (χ2n) is 6.16. The fourth-order valence-electron chi connectivity index (χ4n) is 2.66. The van der Waals surface area contributed by atoms with Crippen molar-refractivity contribution in [2.75, 3.05) is 44.3 Å². The van der Waals surface area contributed by atoms with Crippen LogP contribution in [-0.2, 0) is 0 Å². The van der Waals surface area contributed by atoms with Crippen LogP contribution >= 0.6 is 23.4 Å². The summed E-state index contributed by atoms with van der Waals surface area (Å²) in [5, 5.41) is 3.28. The minimum Gasteiger partial charge on any atom is -0.492 e. The first kappa shape index (κ1) is 22.4. The molecule has 0 atom stereocenters. The van der Waals surface area contributed by atoms with Gasteiger partial charge in [0.1, 0.15) is 5.75 Å². The highest BCUT2D eigenvalue weighted by atomic mass is 35.5. The van der Waals surface area contributed by atoms with Gasteiger partial charge in [0.15, 0.2) is 0 Å². The van der Waals surface area contributed by atoms with Gasteiger partial charge >= 0.3 is 0 Å². The summed E-state index contributed by atoms with van der Waals surface area (Å²) in [4.78, 5) is 16.0. The van der Waals surface area contributed by atoms with Crippen molar-refractivity contribution in [1.29, 1.82) is 0 Å². The van der Waals surface area contributed by atoms with Gasteiger partial charge in [0.25, 0.3) is 5.91 Å². The van der Waals surface area contributed by atoms with E-state index in [1.54, 1.807) is 23.9 Å². The van der Waals surface area contributed by atoms with E-state index in [0.29, 0.717) is 35.2 Å². The summed E-state index contributed by atoms with van der Waals surface area (Å²) in [6.07, 6.45) is 0. The van der Waals surface area contributed by atoms with Crippen LogP contribution in [0.2, 0.25) is 5.02 Å². The van der Waals surface area contributed by atoms with Gasteiger partial charge in [-0.1, -0.05) is 43.6 Å². The van der Waals surface area contributed by atoms with Gasteiger partial charge in [-0.2, -0.15) is 0 Å². The number of ether oxygens (including phenoxy) is 1. The predicted octanol–water partition coefficient (Wildman–Crippen LogP) is 4.16. The summed E-state index contributed by atoms with van der Waals surface area (Å²) in [6.45, 7) is 7.92. The van der Waals surface area contributed by atoms with Gasteiger partial charge in [-0.05, 0) is 31.3 Å². The van der Waals surface area contributed by atoms with Crippen LogP contribution in [-0.4, -0.2) is 49.3 Å². The molecule has 3 N–H and O–H groups in total. The average Bonchev–Trinajstić information content (AvgIpc) is 2.71. The van der Waals surface area contributed by atoms with Crippen LogP contribution in [0.1, 0.15) is 24.2 Å². The highest BCUT2D eigenvalue weighted by Crippen LogP contribution is 2.29. The largest absolute Gasteiger partial charge is 0.492 e. The molecule has 2 aromatic rings. The predicted molar refractivity (Wildman–Crippen MR) is 119 cm³/mol. The minimum atomic E-state index is -0.209. The molecule has 1 amide bonds. The number of carbonyl (C=O) groups is 1. The molecule has 0 bridgehead atoms. The van der Waals surface area contributed by atoms with Gasteiger partial charge < -0.3 is 20.7 Å². The van der Waals surface area contributed by atoms with E-state index in [1.165, 1.54) is 4.90 Å². The van der Waals surface area contributed by atoms with Crippen LogP contribution in [0.15, 0.2) is 47.4 Å². The Labute approximate surface area is 176 Å². The molecule has 0 aliphatic rings. The Morgan fingerprint density at radius 3 is 2.61 bits per heavy atom. The number of nitrogens with zero attached hydrogens (tertiary/aromatic N) is 1. The molecule has 0 heterocycles. The number of hydrogen-bond acceptors (Lipinski definition) is 5. The number of thioether (sulfide) groups is 1. The minimum absolute atomic E-state index is 0.209. The van der Waals surface area contributed by atoms with E-state index in [2.05, 4.69) is 36.2 Å². The van der Waals surface area contributed by atoms with Crippen LogP contribution in [0.25, 0.3) is 0 Å². The first-order valence-electron chi connectivity index (χ1n) is 9.45. The Hall–Kier alpha value is -1.89. The lowest BCUT2D eigenvalue weighted by molar-refractivity contribution is 0.0945. The maximum atomic E-state index is 12.6. The fraction of sp³-hybridized carbons (Fsp3) is 0.381. The molecule has 0 saturated heterocycles. The van der Waals surface area contributed by atoms with E-state index in [1.807, 2.05) is 18.2 Å². The lowest BCUT2D eigenvalue weighted by atomic mass is 10.1. The SMILES string of the molecule is CCN(CC)CCNC(=O)c1cc(Cl)c(N)cc1OCCSc1ccccc1. The third kappa shape index (κ3) is 6.93. The number of hydrogen-bond donors (Lipinski definition) is 2. The zero-order chi connectivity index (χ0) is 20.4. The number of nitrogen functional groups attached to an aromatic ring is 1. The van der Waals surface area contributed by atoms with Crippen molar-refractivity contribution in [3.05, 3.63) is 53.1 Å². The lowest BCUT2D eigenvalue weighted by Crippen LogP contribution is -2.35. The van der Waals surface area contributed by atoms with E-state index < -0.39 is 0 Å². The smallest absolute Gasteiger partial charge is 0.255 e. The second kappa shape index (κ2) is 11.8. The first-order valence-corrected chi connectivity index (χ1v) is 10.8. The van der Waals surface area contributed by atoms with E-state index >= 15 is 0 Å². The molecular weight excluding hydrogens is 394 g/mol. The Morgan fingerprint density at radius 1 is 1.21 bits per heavy atom. The van der Waals surface area contributed by atoms with Crippen molar-refractivity contribution in [2.24, 2.45) is 0 Å². The fourth-order valence-corrected chi connectivity index (χ4v) is 3.57. The molecule has 28 heavy (non-hydrogen) atoms. The molecule has 0 spiro atoms. The molecule has 0 saturated carbocycles. The molecule has 152 valence electrons. The van der Waals surface area contributed by atoms with Gasteiger partial charge in [0.05, 0.1) is 22.9 Å². The number of halogens is 1. The highest BCUT2D eigenvalue weighted by Gasteiger charge is 2.16. The van der Waals surface area contributed by atoms with Crippen LogP contribution in [0.4, 0.5) is 5.69 Å². The number of benzene rings is 2. The number of anilines is 1. The number of nitrogens with one attached hydrogen (secondary N) is 1. The first-order chi connectivity index (χ1) is 13.5. The molecule has 0 fully saturated rings. The van der Waals surface area contributed by atoms with E-state index in [4.69, 9.17) is 22.1 Å². The Balaban J connectivity index is 1.95. The Bertz CT molecular complexity index is 755. The molecule has 0 radical (unpaired) electrons. The van der Waals surface area contributed by atoms with Crippen LogP contribution in [0, 0.1) is 0 Å². The number of rotatable bonds is 11. The van der Waals surface area contributed by atoms with E-state index in [-0.39, 0.29) is 5.91 Å². The Morgan fingerprint density at radius 2 is 1.93 bits per heavy atom. The second-order valence-corrected chi connectivity index (χ2v) is 7.74. The third-order valence-electron chi connectivity index (χ3n) is 4.30. The number of amides is 1. The number of likely N-dealkylation sites (N-methyl/N-ethyl adjacent to an activating group) is 1. The van der Waals surface area contributed by atoms with Crippen molar-refractivity contribution in [1.82, 2.24) is 10.2 Å². The molecule has 5 nitrogen and oxygen atoms in total. The van der Waals surface area contributed by atoms with Crippen LogP contribution in [0.5, 0.6) is 5.75 Å². The van der Waals surface area contributed by atoms with E-state index in [9.17, 15) is 4.79 Å². The molecule has 0 aliphatic heterocycles. The zero-order valence-corrected chi connectivity index (χ0v) is 18.0. The number of carbonyl (C=O) groups excluding carboxylic acids is 1. The van der Waals surface area contributed by atoms with Gasteiger partial charge in [0, 0.05) is 29.8 Å². The summed E-state index contributed by atoms with van der Waals surface area (Å²) in [6, 6.07) is 13.3. The molecule has 0 unspecified atom stereocenters. The molecule has 0 aliphatic carbocycles. The molecular formula is C21H28ClN3O2S. The van der Waals surface area contributed by atoms with Crippen LogP contribution < -0.4 is 15.8 Å². The quantitative estimate of drug-likeness (QED) is 0.324. The van der Waals surface area contributed by atoms with Crippen molar-refractivity contribution < 1.29 is 9.53 Å². The highest BCUT2D eigenvalue weighted by molar-refractivity contribution is 7.99. The summed E-state index contributed by atoms with van der Waals surface area (Å²) in [7, 11) is 0. The van der Waals surface area contributed by atoms with E-state index in [0.717, 1.165) is 25.4 Å². The van der Waals surface area contributed by atoms with Gasteiger partial charge in [-0.15, -0.1) is 11.8 Å². The zero-order valence-electron chi connectivity index (χ0n) is 16.4. The third-order valence-corrected chi connectivity index (χ3v) is 5.61. The summed E-state index contributed by atoms with van der Waals surface area (Å²) in [5.74, 6) is 1.01. The summed E-state index contributed by atoms with van der Waals surface area (Å²) < 4.78 is 5.85. The molecule has 2 rings (SSSR count). The monoisotopic (exact) mass is 421 g/mol. The normalized spacial score (nSPS) is 10.9. The van der Waals surface area contributed by atoms with Crippen LogP contribution in [0.3, 0.4) is 0 Å². The average molecular weight is 422 g/mol. The molecule has 0 aromatic heterocycles. The topological polar surface area (TPSA) is 67.6 Å². The Kier molecular flexibility index (Phi) is 9.47. The maximum absolute atomic E-state index is 12.6. The van der Waals surface area contributed by atoms with Gasteiger partial charge in [-0.25, -0.2) is 0 Å². The van der Waals surface area contributed by atoms with Crippen molar-refractivity contribution >= 4 is 35.0 Å². The van der Waals surface area contributed by atoms with Crippen molar-refractivity contribution in [3.63, 3.8) is 0 Å². The summed E-state index contributed by atoms with van der Waals surface area (Å²) >= 11 is 7.82. The standard InChI is InChI=1S/C21H28ClN3O2S/c1-3-25(4-2)11-10-24-21(26)17-14-18(22)19(23)15-20(17)27-12-13-28-16-8-6-5-7-9-16/h5-9,14-15H,3-4,10-13,23H2,1-2H3,(H,24,26). The summed E-state index contributed by atoms with van der Waals surface area (Å²) in [5.41, 5.74) is 6.71.